The molecule has 1 aromatic rings. The average Bonchev–Trinajstić information content (AvgIpc) is 2.08. The summed E-state index contributed by atoms with van der Waals surface area (Å²) in [5.74, 6) is -0.513. The van der Waals surface area contributed by atoms with Crippen molar-refractivity contribution in [2.75, 3.05) is 5.73 Å². The van der Waals surface area contributed by atoms with Crippen LogP contribution in [0, 0.1) is 0 Å². The summed E-state index contributed by atoms with van der Waals surface area (Å²) in [4.78, 5) is 11.7. The van der Waals surface area contributed by atoms with E-state index in [-0.39, 0.29) is 10.6 Å². The summed E-state index contributed by atoms with van der Waals surface area (Å²) in [6.45, 7) is 5.33. The van der Waals surface area contributed by atoms with E-state index in [1.54, 1.807) is 20.8 Å². The summed E-state index contributed by atoms with van der Waals surface area (Å²) < 4.78 is 5.18. The highest BCUT2D eigenvalue weighted by Crippen LogP contribution is 2.28. The lowest BCUT2D eigenvalue weighted by atomic mass is 10.1. The van der Waals surface area contributed by atoms with Crippen LogP contribution in [0.15, 0.2) is 12.1 Å². The van der Waals surface area contributed by atoms with E-state index in [4.69, 9.17) is 33.7 Å². The maximum Gasteiger partial charge on any atom is 0.340 e. The third-order valence-electron chi connectivity index (χ3n) is 1.71. The van der Waals surface area contributed by atoms with Gasteiger partial charge in [0.05, 0.1) is 21.3 Å². The second kappa shape index (κ2) is 4.52. The summed E-state index contributed by atoms with van der Waals surface area (Å²) in [5, 5.41) is 0.547. The molecule has 0 amide bonds. The van der Waals surface area contributed by atoms with Crippen molar-refractivity contribution in [3.63, 3.8) is 0 Å². The minimum atomic E-state index is -0.575. The van der Waals surface area contributed by atoms with E-state index >= 15 is 0 Å². The Morgan fingerprint density at radius 3 is 2.31 bits per heavy atom. The molecule has 0 saturated carbocycles. The summed E-state index contributed by atoms with van der Waals surface area (Å²) >= 11 is 11.6. The summed E-state index contributed by atoms with van der Waals surface area (Å²) in [6, 6.07) is 2.84. The molecule has 0 aromatic heterocycles. The Labute approximate surface area is 104 Å². The van der Waals surface area contributed by atoms with Gasteiger partial charge in [-0.05, 0) is 32.9 Å². The van der Waals surface area contributed by atoms with Gasteiger partial charge >= 0.3 is 5.97 Å². The van der Waals surface area contributed by atoms with Crippen LogP contribution < -0.4 is 5.73 Å². The number of nitrogen functional groups attached to an aromatic ring is 1. The lowest BCUT2D eigenvalue weighted by molar-refractivity contribution is 0.00698. The van der Waals surface area contributed by atoms with Crippen LogP contribution in [0.25, 0.3) is 0 Å². The SMILES string of the molecule is CC(C)(C)OC(=O)c1cc(N)c(Cl)cc1Cl. The number of ether oxygens (including phenoxy) is 1. The van der Waals surface area contributed by atoms with Gasteiger partial charge in [0.25, 0.3) is 0 Å². The molecule has 16 heavy (non-hydrogen) atoms. The average molecular weight is 262 g/mol. The van der Waals surface area contributed by atoms with E-state index in [0.717, 1.165) is 0 Å². The van der Waals surface area contributed by atoms with Crippen molar-refractivity contribution >= 4 is 34.9 Å². The van der Waals surface area contributed by atoms with E-state index < -0.39 is 11.6 Å². The Bertz CT molecular complexity index is 425. The van der Waals surface area contributed by atoms with Crippen LogP contribution >= 0.6 is 23.2 Å². The highest BCUT2D eigenvalue weighted by atomic mass is 35.5. The molecule has 88 valence electrons. The van der Waals surface area contributed by atoms with Crippen molar-refractivity contribution in [2.24, 2.45) is 0 Å². The van der Waals surface area contributed by atoms with Crippen molar-refractivity contribution in [1.82, 2.24) is 0 Å². The molecule has 0 aliphatic heterocycles. The van der Waals surface area contributed by atoms with Gasteiger partial charge in [-0.25, -0.2) is 4.79 Å². The highest BCUT2D eigenvalue weighted by Gasteiger charge is 2.20. The molecule has 2 N–H and O–H groups in total. The summed E-state index contributed by atoms with van der Waals surface area (Å²) in [6.07, 6.45) is 0. The number of halogens is 2. The van der Waals surface area contributed by atoms with Crippen LogP contribution in [-0.2, 0) is 4.74 Å². The number of nitrogens with two attached hydrogens (primary N) is 1. The van der Waals surface area contributed by atoms with Gasteiger partial charge in [0.2, 0.25) is 0 Å². The van der Waals surface area contributed by atoms with Gasteiger partial charge in [-0.15, -0.1) is 0 Å². The number of anilines is 1. The topological polar surface area (TPSA) is 52.3 Å². The molecule has 0 bridgehead atoms. The number of rotatable bonds is 1. The predicted octanol–water partition coefficient (Wildman–Crippen LogP) is 3.53. The molecule has 0 fully saturated rings. The Kier molecular flexibility index (Phi) is 3.71. The van der Waals surface area contributed by atoms with Crippen molar-refractivity contribution in [3.05, 3.63) is 27.7 Å². The number of carbonyl (C=O) groups excluding carboxylic acids is 1. The van der Waals surface area contributed by atoms with E-state index in [2.05, 4.69) is 0 Å². The number of hydrogen-bond acceptors (Lipinski definition) is 3. The maximum atomic E-state index is 11.7. The van der Waals surface area contributed by atoms with Crippen LogP contribution in [-0.4, -0.2) is 11.6 Å². The molecule has 0 radical (unpaired) electrons. The molecule has 0 heterocycles. The summed E-state index contributed by atoms with van der Waals surface area (Å²) in [5.41, 5.74) is 5.54. The first-order chi connectivity index (χ1) is 7.20. The molecule has 0 aliphatic rings. The van der Waals surface area contributed by atoms with Crippen LogP contribution in [0.5, 0.6) is 0 Å². The zero-order chi connectivity index (χ0) is 12.5. The normalized spacial score (nSPS) is 11.3. The second-order valence-corrected chi connectivity index (χ2v) is 5.17. The monoisotopic (exact) mass is 261 g/mol. The van der Waals surface area contributed by atoms with Gasteiger partial charge in [0.1, 0.15) is 5.60 Å². The van der Waals surface area contributed by atoms with Gasteiger partial charge in [-0.2, -0.15) is 0 Å². The minimum absolute atomic E-state index is 0.221. The van der Waals surface area contributed by atoms with Crippen LogP contribution in [0.2, 0.25) is 10.0 Å². The second-order valence-electron chi connectivity index (χ2n) is 4.36. The Balaban J connectivity index is 3.05. The van der Waals surface area contributed by atoms with Crippen molar-refractivity contribution < 1.29 is 9.53 Å². The molecule has 0 spiro atoms. The number of esters is 1. The fourth-order valence-electron chi connectivity index (χ4n) is 1.06. The van der Waals surface area contributed by atoms with E-state index in [1.165, 1.54) is 12.1 Å². The fourth-order valence-corrected chi connectivity index (χ4v) is 1.52. The Hall–Kier alpha value is -0.930. The molecular formula is C11H13Cl2NO2. The molecule has 5 heteroatoms. The third-order valence-corrected chi connectivity index (χ3v) is 2.35. The van der Waals surface area contributed by atoms with E-state index in [9.17, 15) is 4.79 Å². The van der Waals surface area contributed by atoms with Crippen molar-refractivity contribution in [2.45, 2.75) is 26.4 Å². The first kappa shape index (κ1) is 13.1. The minimum Gasteiger partial charge on any atom is -0.456 e. The van der Waals surface area contributed by atoms with Gasteiger partial charge in [0, 0.05) is 0 Å². The van der Waals surface area contributed by atoms with Gasteiger partial charge in [-0.1, -0.05) is 23.2 Å². The van der Waals surface area contributed by atoms with Gasteiger partial charge < -0.3 is 10.5 Å². The standard InChI is InChI=1S/C11H13Cl2NO2/c1-11(2,3)16-10(15)6-4-9(14)8(13)5-7(6)12/h4-5H,14H2,1-3H3. The highest BCUT2D eigenvalue weighted by molar-refractivity contribution is 6.38. The molecule has 0 atom stereocenters. The molecular weight excluding hydrogens is 249 g/mol. The molecule has 0 unspecified atom stereocenters. The smallest absolute Gasteiger partial charge is 0.340 e. The lowest BCUT2D eigenvalue weighted by Crippen LogP contribution is -2.24. The third kappa shape index (κ3) is 3.29. The maximum absolute atomic E-state index is 11.7. The largest absolute Gasteiger partial charge is 0.456 e. The van der Waals surface area contributed by atoms with Crippen molar-refractivity contribution in [3.8, 4) is 0 Å². The molecule has 0 saturated heterocycles. The quantitative estimate of drug-likeness (QED) is 0.622. The van der Waals surface area contributed by atoms with Crippen molar-refractivity contribution in [1.29, 1.82) is 0 Å². The Morgan fingerprint density at radius 2 is 1.81 bits per heavy atom. The van der Waals surface area contributed by atoms with E-state index in [1.807, 2.05) is 0 Å². The lowest BCUT2D eigenvalue weighted by Gasteiger charge is -2.20. The number of hydrogen-bond donors (Lipinski definition) is 1. The van der Waals surface area contributed by atoms with Crippen LogP contribution in [0.1, 0.15) is 31.1 Å². The zero-order valence-electron chi connectivity index (χ0n) is 9.30. The predicted molar refractivity (Wildman–Crippen MR) is 66.0 cm³/mol. The van der Waals surface area contributed by atoms with Gasteiger partial charge in [-0.3, -0.25) is 0 Å². The van der Waals surface area contributed by atoms with Crippen LogP contribution in [0.3, 0.4) is 0 Å². The zero-order valence-corrected chi connectivity index (χ0v) is 10.8. The number of carbonyl (C=O) groups is 1. The molecule has 1 rings (SSSR count). The first-order valence-corrected chi connectivity index (χ1v) is 5.44. The molecule has 3 nitrogen and oxygen atoms in total. The first-order valence-electron chi connectivity index (χ1n) is 4.68. The van der Waals surface area contributed by atoms with Crippen LogP contribution in [0.4, 0.5) is 5.69 Å². The Morgan fingerprint density at radius 1 is 1.25 bits per heavy atom. The van der Waals surface area contributed by atoms with E-state index in [0.29, 0.717) is 10.7 Å². The summed E-state index contributed by atoms with van der Waals surface area (Å²) in [7, 11) is 0. The fraction of sp³-hybridized carbons (Fsp3) is 0.364. The van der Waals surface area contributed by atoms with Gasteiger partial charge in [0.15, 0.2) is 0 Å². The number of benzene rings is 1. The molecule has 1 aromatic carbocycles. The molecule has 0 aliphatic carbocycles.